The molecule has 0 bridgehead atoms. The maximum atomic E-state index is 11.9. The summed E-state index contributed by atoms with van der Waals surface area (Å²) < 4.78 is 12.3. The molecule has 0 aliphatic rings. The van der Waals surface area contributed by atoms with E-state index in [1.165, 1.54) is 5.56 Å². The van der Waals surface area contributed by atoms with Crippen molar-refractivity contribution in [3.05, 3.63) is 47.3 Å². The number of carbonyl (C=O) groups excluding carboxylic acids is 1. The van der Waals surface area contributed by atoms with Crippen LogP contribution in [0.2, 0.25) is 0 Å². The molecular weight excluding hydrogens is 294 g/mol. The molecule has 0 saturated carbocycles. The van der Waals surface area contributed by atoms with Crippen molar-refractivity contribution in [1.82, 2.24) is 15.1 Å². The highest BCUT2D eigenvalue weighted by molar-refractivity contribution is 5.92. The van der Waals surface area contributed by atoms with Crippen molar-refractivity contribution in [2.45, 2.75) is 27.0 Å². The van der Waals surface area contributed by atoms with Gasteiger partial charge < -0.3 is 14.8 Å². The number of benzene rings is 1. The van der Waals surface area contributed by atoms with Crippen LogP contribution in [0.5, 0.6) is 5.75 Å². The van der Waals surface area contributed by atoms with Gasteiger partial charge in [-0.15, -0.1) is 0 Å². The first-order chi connectivity index (χ1) is 11.1. The molecule has 1 amide bonds. The summed E-state index contributed by atoms with van der Waals surface area (Å²) >= 11 is 0. The lowest BCUT2D eigenvalue weighted by Gasteiger charge is -2.09. The molecule has 1 aromatic carbocycles. The fraction of sp³-hybridized carbons (Fsp3) is 0.412. The largest absolute Gasteiger partial charge is 0.471 e. The molecule has 0 aliphatic carbocycles. The van der Waals surface area contributed by atoms with E-state index in [0.717, 1.165) is 17.7 Å². The number of nitrogens with one attached hydrogen (secondary N) is 1. The van der Waals surface area contributed by atoms with Crippen LogP contribution < -0.4 is 10.1 Å². The predicted molar refractivity (Wildman–Crippen MR) is 87.6 cm³/mol. The number of ether oxygens (including phenoxy) is 2. The highest BCUT2D eigenvalue weighted by atomic mass is 16.5. The molecule has 0 unspecified atom stereocenters. The summed E-state index contributed by atoms with van der Waals surface area (Å²) in [5, 5.41) is 7.02. The summed E-state index contributed by atoms with van der Waals surface area (Å²) in [6, 6.07) is 7.69. The molecule has 0 saturated heterocycles. The van der Waals surface area contributed by atoms with Crippen LogP contribution in [-0.2, 0) is 11.5 Å². The van der Waals surface area contributed by atoms with Gasteiger partial charge in [-0.05, 0) is 38.0 Å². The Balaban J connectivity index is 1.85. The second kappa shape index (κ2) is 8.33. The molecule has 6 nitrogen and oxygen atoms in total. The number of hydrogen-bond acceptors (Lipinski definition) is 4. The van der Waals surface area contributed by atoms with Crippen LogP contribution >= 0.6 is 0 Å². The summed E-state index contributed by atoms with van der Waals surface area (Å²) in [5.41, 5.74) is 2.65. The molecule has 0 spiro atoms. The average molecular weight is 317 g/mol. The smallest absolute Gasteiger partial charge is 0.271 e. The number of aromatic nitrogens is 2. The van der Waals surface area contributed by atoms with Crippen molar-refractivity contribution in [2.24, 2.45) is 0 Å². The normalized spacial score (nSPS) is 10.6. The molecule has 0 atom stereocenters. The Morgan fingerprint density at radius 2 is 2.13 bits per heavy atom. The predicted octanol–water partition coefficient (Wildman–Crippen LogP) is 2.30. The first kappa shape index (κ1) is 17.0. The minimum atomic E-state index is -0.189. The average Bonchev–Trinajstić information content (AvgIpc) is 2.99. The van der Waals surface area contributed by atoms with E-state index in [1.807, 2.05) is 26.0 Å². The van der Waals surface area contributed by atoms with Gasteiger partial charge in [0.2, 0.25) is 0 Å². The molecule has 1 aromatic heterocycles. The molecule has 1 heterocycles. The zero-order chi connectivity index (χ0) is 16.7. The summed E-state index contributed by atoms with van der Waals surface area (Å²) in [5.74, 6) is 0.628. The zero-order valence-corrected chi connectivity index (χ0v) is 13.8. The van der Waals surface area contributed by atoms with Crippen molar-refractivity contribution >= 4 is 5.91 Å². The van der Waals surface area contributed by atoms with Gasteiger partial charge in [-0.1, -0.05) is 17.7 Å². The van der Waals surface area contributed by atoms with Crippen LogP contribution in [0.4, 0.5) is 0 Å². The standard InChI is InChI=1S/C17H23N3O3/c1-13-5-6-16(14(2)11-13)23-12-20-9-7-15(19-20)17(21)18-8-4-10-22-3/h5-7,9,11H,4,8,10,12H2,1-3H3,(H,18,21). The zero-order valence-electron chi connectivity index (χ0n) is 13.8. The molecule has 0 fully saturated rings. The monoisotopic (exact) mass is 317 g/mol. The summed E-state index contributed by atoms with van der Waals surface area (Å²) in [4.78, 5) is 11.9. The maximum Gasteiger partial charge on any atom is 0.271 e. The van der Waals surface area contributed by atoms with E-state index in [1.54, 1.807) is 24.1 Å². The van der Waals surface area contributed by atoms with Crippen LogP contribution in [0.25, 0.3) is 0 Å². The number of hydrogen-bond donors (Lipinski definition) is 1. The van der Waals surface area contributed by atoms with Gasteiger partial charge in [-0.25, -0.2) is 4.68 Å². The molecule has 6 heteroatoms. The third-order valence-electron chi connectivity index (χ3n) is 3.37. The van der Waals surface area contributed by atoms with E-state index in [4.69, 9.17) is 9.47 Å². The van der Waals surface area contributed by atoms with Crippen molar-refractivity contribution in [3.8, 4) is 5.75 Å². The van der Waals surface area contributed by atoms with Gasteiger partial charge in [0.25, 0.3) is 5.91 Å². The third kappa shape index (κ3) is 5.10. The molecule has 2 rings (SSSR count). The van der Waals surface area contributed by atoms with Crippen molar-refractivity contribution in [1.29, 1.82) is 0 Å². The number of amides is 1. The second-order valence-electron chi connectivity index (χ2n) is 5.39. The van der Waals surface area contributed by atoms with Gasteiger partial charge in [0.05, 0.1) is 0 Å². The lowest BCUT2D eigenvalue weighted by Crippen LogP contribution is -2.25. The first-order valence-corrected chi connectivity index (χ1v) is 7.61. The Bertz CT molecular complexity index is 652. The fourth-order valence-electron chi connectivity index (χ4n) is 2.16. The quantitative estimate of drug-likeness (QED) is 0.759. The summed E-state index contributed by atoms with van der Waals surface area (Å²) in [7, 11) is 1.64. The Kier molecular flexibility index (Phi) is 6.17. The van der Waals surface area contributed by atoms with Crippen LogP contribution in [-0.4, -0.2) is 35.9 Å². The van der Waals surface area contributed by atoms with E-state index in [0.29, 0.717) is 18.8 Å². The lowest BCUT2D eigenvalue weighted by atomic mass is 10.1. The summed E-state index contributed by atoms with van der Waals surface area (Å²) in [6.45, 7) is 5.50. The van der Waals surface area contributed by atoms with E-state index < -0.39 is 0 Å². The van der Waals surface area contributed by atoms with Crippen LogP contribution in [0.15, 0.2) is 30.5 Å². The van der Waals surface area contributed by atoms with Gasteiger partial charge >= 0.3 is 0 Å². The SMILES string of the molecule is COCCCNC(=O)c1ccn(COc2ccc(C)cc2C)n1. The maximum absolute atomic E-state index is 11.9. The number of nitrogens with zero attached hydrogens (tertiary/aromatic N) is 2. The number of methoxy groups -OCH3 is 1. The van der Waals surface area contributed by atoms with E-state index >= 15 is 0 Å². The number of rotatable bonds is 8. The fourth-order valence-corrected chi connectivity index (χ4v) is 2.16. The molecule has 0 radical (unpaired) electrons. The van der Waals surface area contributed by atoms with Gasteiger partial charge in [-0.3, -0.25) is 4.79 Å². The molecule has 23 heavy (non-hydrogen) atoms. The van der Waals surface area contributed by atoms with E-state index in [9.17, 15) is 4.79 Å². The molecule has 124 valence electrons. The van der Waals surface area contributed by atoms with Gasteiger partial charge in [0.1, 0.15) is 11.4 Å². The van der Waals surface area contributed by atoms with Crippen molar-refractivity contribution in [2.75, 3.05) is 20.3 Å². The van der Waals surface area contributed by atoms with Crippen LogP contribution in [0.3, 0.4) is 0 Å². The Labute approximate surface area is 136 Å². The molecule has 1 N–H and O–H groups in total. The second-order valence-corrected chi connectivity index (χ2v) is 5.39. The van der Waals surface area contributed by atoms with E-state index in [-0.39, 0.29) is 12.6 Å². The number of carbonyl (C=O) groups is 1. The van der Waals surface area contributed by atoms with Gasteiger partial charge in [0.15, 0.2) is 6.73 Å². The minimum Gasteiger partial charge on any atom is -0.471 e. The molecule has 2 aromatic rings. The summed E-state index contributed by atoms with van der Waals surface area (Å²) in [6.07, 6.45) is 2.51. The van der Waals surface area contributed by atoms with Gasteiger partial charge in [0, 0.05) is 26.5 Å². The topological polar surface area (TPSA) is 65.4 Å². The lowest BCUT2D eigenvalue weighted by molar-refractivity contribution is 0.0941. The highest BCUT2D eigenvalue weighted by Crippen LogP contribution is 2.18. The minimum absolute atomic E-state index is 0.189. The van der Waals surface area contributed by atoms with Crippen molar-refractivity contribution < 1.29 is 14.3 Å². The van der Waals surface area contributed by atoms with Crippen molar-refractivity contribution in [3.63, 3.8) is 0 Å². The first-order valence-electron chi connectivity index (χ1n) is 7.61. The Morgan fingerprint density at radius 3 is 2.87 bits per heavy atom. The molecule has 0 aliphatic heterocycles. The number of aryl methyl sites for hydroxylation is 2. The van der Waals surface area contributed by atoms with Crippen LogP contribution in [0, 0.1) is 13.8 Å². The van der Waals surface area contributed by atoms with E-state index in [2.05, 4.69) is 16.5 Å². The highest BCUT2D eigenvalue weighted by Gasteiger charge is 2.09. The Morgan fingerprint density at radius 1 is 1.30 bits per heavy atom. The van der Waals surface area contributed by atoms with Crippen LogP contribution in [0.1, 0.15) is 28.0 Å². The van der Waals surface area contributed by atoms with Gasteiger partial charge in [-0.2, -0.15) is 5.10 Å². The Hall–Kier alpha value is -2.34. The third-order valence-corrected chi connectivity index (χ3v) is 3.37. The molecular formula is C17H23N3O3.